The van der Waals surface area contributed by atoms with Crippen LogP contribution in [0.2, 0.25) is 10.0 Å². The fourth-order valence-electron chi connectivity index (χ4n) is 4.87. The highest BCUT2D eigenvalue weighted by Crippen LogP contribution is 2.24. The minimum atomic E-state index is 0.301. The molecule has 0 saturated heterocycles. The van der Waals surface area contributed by atoms with E-state index in [0.717, 1.165) is 45.6 Å². The second-order valence-electron chi connectivity index (χ2n) is 10.4. The number of unbranched alkanes of at least 4 members (excludes halogenated alkanes) is 4. The lowest BCUT2D eigenvalue weighted by molar-refractivity contribution is -0.704. The maximum Gasteiger partial charge on any atom is 0.212 e. The predicted octanol–water partition coefficient (Wildman–Crippen LogP) is 10.9. The van der Waals surface area contributed by atoms with Crippen molar-refractivity contribution in [2.75, 3.05) is 10.6 Å². The number of aryl methyl sites for hydroxylation is 2. The number of anilines is 4. The maximum absolute atomic E-state index is 6.00. The Kier molecular flexibility index (Phi) is 12.4. The fourth-order valence-corrected chi connectivity index (χ4v) is 6.69. The summed E-state index contributed by atoms with van der Waals surface area (Å²) >= 11 is 19.8. The predicted molar refractivity (Wildman–Crippen MR) is 180 cm³/mol. The summed E-state index contributed by atoms with van der Waals surface area (Å²) in [5, 5.41) is 8.38. The maximum atomic E-state index is 6.00. The van der Waals surface area contributed by atoms with Crippen molar-refractivity contribution in [1.82, 2.24) is 0 Å². The summed E-state index contributed by atoms with van der Waals surface area (Å²) in [6, 6.07) is 24.2. The Balaban J connectivity index is 1.13. The molecule has 8 heteroatoms. The van der Waals surface area contributed by atoms with Crippen molar-refractivity contribution in [3.05, 3.63) is 107 Å². The third-order valence-corrected chi connectivity index (χ3v) is 9.43. The molecule has 0 aliphatic rings. The second-order valence-corrected chi connectivity index (χ2v) is 13.4. The Hall–Kier alpha value is -2.12. The van der Waals surface area contributed by atoms with Crippen LogP contribution in [0.25, 0.3) is 0 Å². The first kappa shape index (κ1) is 31.8. The first-order valence-corrected chi connectivity index (χ1v) is 16.7. The molecule has 2 heterocycles. The quantitative estimate of drug-likeness (QED) is 0.0772. The SMILES string of the molecule is Cc1cc(Nc2ccc(Cl)cc2)cc[n+]1C(Br)CCCCCCCC(Br)[n+]1ccc(Nc2ccc(Cl)cc2)cc1C. The molecule has 2 atom stereocenters. The van der Waals surface area contributed by atoms with E-state index in [4.69, 9.17) is 23.2 Å². The van der Waals surface area contributed by atoms with Crippen LogP contribution in [0.4, 0.5) is 22.7 Å². The molecule has 4 rings (SSSR count). The highest BCUT2D eigenvalue weighted by Gasteiger charge is 2.19. The van der Waals surface area contributed by atoms with E-state index in [9.17, 15) is 0 Å². The number of nitrogens with one attached hydrogen (secondary N) is 2. The number of alkyl halides is 2. The minimum Gasteiger partial charge on any atom is -0.355 e. The standard InChI is InChI=1S/C33H36Br2Cl2N4/c1-24-22-30(38-28-14-10-26(36)11-15-28)18-20-40(24)32(34)8-6-4-3-5-7-9-33(35)41-21-19-31(23-25(41)2)39-29-16-12-27(37)13-17-29/h10-23,32-33H,3-9H2,1-2H3/p+2. The van der Waals surface area contributed by atoms with E-state index < -0.39 is 0 Å². The molecule has 4 nitrogen and oxygen atoms in total. The van der Waals surface area contributed by atoms with Crippen molar-refractivity contribution in [2.45, 2.75) is 68.7 Å². The van der Waals surface area contributed by atoms with Gasteiger partial charge in [-0.15, -0.1) is 0 Å². The van der Waals surface area contributed by atoms with Gasteiger partial charge in [-0.1, -0.05) is 42.5 Å². The number of aromatic nitrogens is 2. The highest BCUT2D eigenvalue weighted by atomic mass is 79.9. The molecule has 0 bridgehead atoms. The first-order chi connectivity index (χ1) is 19.8. The lowest BCUT2D eigenvalue weighted by Gasteiger charge is -2.11. The summed E-state index contributed by atoms with van der Waals surface area (Å²) in [7, 11) is 0. The largest absolute Gasteiger partial charge is 0.355 e. The van der Waals surface area contributed by atoms with Gasteiger partial charge in [0.05, 0.1) is 11.4 Å². The zero-order valence-corrected chi connectivity index (χ0v) is 28.3. The third-order valence-electron chi connectivity index (χ3n) is 7.13. The van der Waals surface area contributed by atoms with Gasteiger partial charge in [0.1, 0.15) is 0 Å². The summed E-state index contributed by atoms with van der Waals surface area (Å²) in [5.74, 6) is 0. The molecule has 0 saturated carbocycles. The van der Waals surface area contributed by atoms with Gasteiger partial charge in [0, 0.05) is 72.4 Å². The molecular formula is C33H38Br2Cl2N4+2. The van der Waals surface area contributed by atoms with Gasteiger partial charge in [0.25, 0.3) is 0 Å². The molecule has 0 radical (unpaired) electrons. The van der Waals surface area contributed by atoms with E-state index in [2.05, 4.69) is 102 Å². The molecule has 2 N–H and O–H groups in total. The topological polar surface area (TPSA) is 31.8 Å². The molecule has 216 valence electrons. The molecule has 2 unspecified atom stereocenters. The summed E-state index contributed by atoms with van der Waals surface area (Å²) in [5.41, 5.74) is 6.64. The van der Waals surface area contributed by atoms with Gasteiger partial charge in [0.2, 0.25) is 9.90 Å². The van der Waals surface area contributed by atoms with E-state index in [1.165, 1.54) is 43.5 Å². The van der Waals surface area contributed by atoms with Gasteiger partial charge in [-0.3, -0.25) is 0 Å². The van der Waals surface area contributed by atoms with Crippen molar-refractivity contribution in [3.8, 4) is 0 Å². The normalized spacial score (nSPS) is 12.6. The molecule has 41 heavy (non-hydrogen) atoms. The third kappa shape index (κ3) is 9.99. The molecule has 0 fully saturated rings. The molecule has 2 aromatic carbocycles. The van der Waals surface area contributed by atoms with Crippen LogP contribution in [-0.4, -0.2) is 0 Å². The number of nitrogens with zero attached hydrogens (tertiary/aromatic N) is 2. The Bertz CT molecular complexity index is 1290. The molecule has 2 aromatic heterocycles. The van der Waals surface area contributed by atoms with Crippen molar-refractivity contribution in [1.29, 1.82) is 0 Å². The van der Waals surface area contributed by atoms with Crippen molar-refractivity contribution >= 4 is 77.8 Å². The molecule has 0 amide bonds. The van der Waals surface area contributed by atoms with E-state index in [1.807, 2.05) is 48.5 Å². The lowest BCUT2D eigenvalue weighted by atomic mass is 10.1. The van der Waals surface area contributed by atoms with Crippen LogP contribution in [0, 0.1) is 13.8 Å². The van der Waals surface area contributed by atoms with Crippen LogP contribution in [0.3, 0.4) is 0 Å². The summed E-state index contributed by atoms with van der Waals surface area (Å²) in [4.78, 5) is 0.603. The van der Waals surface area contributed by atoms with Crippen LogP contribution >= 0.6 is 55.1 Å². The van der Waals surface area contributed by atoms with E-state index in [1.54, 1.807) is 0 Å². The van der Waals surface area contributed by atoms with Gasteiger partial charge < -0.3 is 10.6 Å². The zero-order chi connectivity index (χ0) is 29.2. The highest BCUT2D eigenvalue weighted by molar-refractivity contribution is 9.09. The summed E-state index contributed by atoms with van der Waals surface area (Å²) in [6.45, 7) is 4.31. The Morgan fingerprint density at radius 3 is 1.29 bits per heavy atom. The average molecular weight is 721 g/mol. The average Bonchev–Trinajstić information content (AvgIpc) is 2.95. The number of rotatable bonds is 14. The molecule has 0 spiro atoms. The Labute approximate surface area is 271 Å². The van der Waals surface area contributed by atoms with Crippen LogP contribution in [-0.2, 0) is 0 Å². The van der Waals surface area contributed by atoms with Gasteiger partial charge in [-0.05, 0) is 93.2 Å². The molecule has 0 aliphatic carbocycles. The number of benzene rings is 2. The smallest absolute Gasteiger partial charge is 0.212 e. The summed E-state index contributed by atoms with van der Waals surface area (Å²) in [6.07, 6.45) is 12.7. The van der Waals surface area contributed by atoms with E-state index >= 15 is 0 Å². The van der Waals surface area contributed by atoms with Gasteiger partial charge in [0.15, 0.2) is 23.8 Å². The second kappa shape index (κ2) is 15.9. The first-order valence-electron chi connectivity index (χ1n) is 14.2. The lowest BCUT2D eigenvalue weighted by Crippen LogP contribution is -2.39. The Morgan fingerprint density at radius 2 is 0.927 bits per heavy atom. The van der Waals surface area contributed by atoms with Gasteiger partial charge in [-0.25, -0.2) is 0 Å². The number of hydrogen-bond donors (Lipinski definition) is 2. The van der Waals surface area contributed by atoms with Crippen molar-refractivity contribution in [3.63, 3.8) is 0 Å². The molecule has 0 aliphatic heterocycles. The van der Waals surface area contributed by atoms with Gasteiger partial charge >= 0.3 is 0 Å². The number of pyridine rings is 2. The van der Waals surface area contributed by atoms with Crippen LogP contribution in [0.15, 0.2) is 85.2 Å². The number of hydrogen-bond acceptors (Lipinski definition) is 2. The fraction of sp³-hybridized carbons (Fsp3) is 0.333. The number of halogens is 4. The van der Waals surface area contributed by atoms with Crippen LogP contribution in [0.5, 0.6) is 0 Å². The molecule has 4 aromatic rings. The minimum absolute atomic E-state index is 0.301. The zero-order valence-electron chi connectivity index (χ0n) is 23.6. The van der Waals surface area contributed by atoms with E-state index in [-0.39, 0.29) is 0 Å². The van der Waals surface area contributed by atoms with Crippen molar-refractivity contribution < 1.29 is 9.13 Å². The van der Waals surface area contributed by atoms with E-state index in [0.29, 0.717) is 9.90 Å². The molecular weight excluding hydrogens is 683 g/mol. The van der Waals surface area contributed by atoms with Gasteiger partial charge in [-0.2, -0.15) is 9.13 Å². The van der Waals surface area contributed by atoms with Crippen LogP contribution in [0.1, 0.15) is 66.2 Å². The Morgan fingerprint density at radius 1 is 0.561 bits per heavy atom. The van der Waals surface area contributed by atoms with Crippen LogP contribution < -0.4 is 19.8 Å². The summed E-state index contributed by atoms with van der Waals surface area (Å²) < 4.78 is 4.61. The monoisotopic (exact) mass is 718 g/mol. The van der Waals surface area contributed by atoms with Crippen molar-refractivity contribution in [2.24, 2.45) is 0 Å².